The Morgan fingerprint density at radius 3 is 2.29 bits per heavy atom. The molecule has 1 unspecified atom stereocenters. The van der Waals surface area contributed by atoms with Crippen molar-refractivity contribution in [2.75, 3.05) is 20.1 Å². The van der Waals surface area contributed by atoms with Gasteiger partial charge in [0.05, 0.1) is 10.5 Å². The lowest BCUT2D eigenvalue weighted by atomic mass is 9.90. The van der Waals surface area contributed by atoms with Crippen molar-refractivity contribution in [2.24, 2.45) is 5.92 Å². The number of carbonyl (C=O) groups excluding carboxylic acids is 2. The fraction of sp³-hybridized carbons (Fsp3) is 0.462. The Balaban J connectivity index is 1.57. The van der Waals surface area contributed by atoms with Crippen molar-refractivity contribution >= 4 is 21.9 Å². The fourth-order valence-electron chi connectivity index (χ4n) is 4.07. The highest BCUT2D eigenvalue weighted by Gasteiger charge is 2.29. The Morgan fingerprint density at radius 1 is 1.03 bits per heavy atom. The quantitative estimate of drug-likeness (QED) is 0.531. The van der Waals surface area contributed by atoms with Gasteiger partial charge in [-0.05, 0) is 69.7 Å². The standard InChI is InChI=1S/C26H34N2O5S/c1-19(2)27(4)34(31,32)24-12-8-11-23(18-24)26(30)33-20(3)25(29)28-15-13-22(14-16-28)17-21-9-6-5-7-10-21/h5-12,18-20,22H,13-17H2,1-4H3. The van der Waals surface area contributed by atoms with Gasteiger partial charge < -0.3 is 9.64 Å². The Labute approximate surface area is 202 Å². The van der Waals surface area contributed by atoms with E-state index in [0.717, 1.165) is 19.3 Å². The molecular weight excluding hydrogens is 452 g/mol. The van der Waals surface area contributed by atoms with Gasteiger partial charge in [0.15, 0.2) is 6.10 Å². The molecule has 1 saturated heterocycles. The van der Waals surface area contributed by atoms with Crippen LogP contribution in [0.3, 0.4) is 0 Å². The van der Waals surface area contributed by atoms with Crippen molar-refractivity contribution < 1.29 is 22.7 Å². The Kier molecular flexibility index (Phi) is 8.49. The molecule has 0 bridgehead atoms. The Bertz CT molecular complexity index is 1090. The van der Waals surface area contributed by atoms with E-state index in [0.29, 0.717) is 19.0 Å². The van der Waals surface area contributed by atoms with Crippen LogP contribution in [0, 0.1) is 5.92 Å². The molecular formula is C26H34N2O5S. The van der Waals surface area contributed by atoms with E-state index in [4.69, 9.17) is 4.74 Å². The molecule has 1 atom stereocenters. The molecule has 1 amide bonds. The monoisotopic (exact) mass is 486 g/mol. The number of ether oxygens (including phenoxy) is 1. The van der Waals surface area contributed by atoms with E-state index in [9.17, 15) is 18.0 Å². The maximum atomic E-state index is 12.9. The van der Waals surface area contributed by atoms with E-state index < -0.39 is 22.1 Å². The average molecular weight is 487 g/mol. The maximum absolute atomic E-state index is 12.9. The molecule has 184 valence electrons. The van der Waals surface area contributed by atoms with E-state index in [-0.39, 0.29) is 22.4 Å². The molecule has 0 aliphatic carbocycles. The van der Waals surface area contributed by atoms with E-state index in [1.54, 1.807) is 25.7 Å². The maximum Gasteiger partial charge on any atom is 0.338 e. The first kappa shape index (κ1) is 25.9. The van der Waals surface area contributed by atoms with Crippen LogP contribution in [0.1, 0.15) is 49.5 Å². The second-order valence-electron chi connectivity index (χ2n) is 9.15. The number of rotatable bonds is 8. The van der Waals surface area contributed by atoms with Gasteiger partial charge in [-0.15, -0.1) is 0 Å². The first-order valence-electron chi connectivity index (χ1n) is 11.7. The summed E-state index contributed by atoms with van der Waals surface area (Å²) in [4.78, 5) is 27.3. The lowest BCUT2D eigenvalue weighted by Gasteiger charge is -2.33. The van der Waals surface area contributed by atoms with Crippen LogP contribution in [0.25, 0.3) is 0 Å². The highest BCUT2D eigenvalue weighted by Crippen LogP contribution is 2.23. The summed E-state index contributed by atoms with van der Waals surface area (Å²) in [7, 11) is -2.24. The molecule has 1 aliphatic rings. The summed E-state index contributed by atoms with van der Waals surface area (Å²) in [5, 5.41) is 0. The van der Waals surface area contributed by atoms with Gasteiger partial charge in [0.1, 0.15) is 0 Å². The molecule has 1 fully saturated rings. The zero-order chi connectivity index (χ0) is 24.9. The first-order valence-corrected chi connectivity index (χ1v) is 13.2. The lowest BCUT2D eigenvalue weighted by Crippen LogP contribution is -2.44. The van der Waals surface area contributed by atoms with Crippen molar-refractivity contribution in [2.45, 2.75) is 57.1 Å². The number of amides is 1. The number of piperidine rings is 1. The van der Waals surface area contributed by atoms with Gasteiger partial charge in [0, 0.05) is 26.2 Å². The smallest absolute Gasteiger partial charge is 0.338 e. The van der Waals surface area contributed by atoms with Gasteiger partial charge in [-0.25, -0.2) is 13.2 Å². The van der Waals surface area contributed by atoms with Crippen LogP contribution in [0.4, 0.5) is 0 Å². The van der Waals surface area contributed by atoms with Crippen LogP contribution in [0.15, 0.2) is 59.5 Å². The van der Waals surface area contributed by atoms with Crippen LogP contribution in [-0.4, -0.2) is 61.8 Å². The molecule has 3 rings (SSSR count). The molecule has 2 aromatic carbocycles. The second kappa shape index (κ2) is 11.1. The van der Waals surface area contributed by atoms with Gasteiger partial charge >= 0.3 is 5.97 Å². The molecule has 1 heterocycles. The molecule has 7 nitrogen and oxygen atoms in total. The fourth-order valence-corrected chi connectivity index (χ4v) is 5.48. The van der Waals surface area contributed by atoms with Crippen molar-refractivity contribution in [1.82, 2.24) is 9.21 Å². The summed E-state index contributed by atoms with van der Waals surface area (Å²) in [6, 6.07) is 15.8. The minimum Gasteiger partial charge on any atom is -0.449 e. The van der Waals surface area contributed by atoms with Crippen molar-refractivity contribution in [3.05, 3.63) is 65.7 Å². The topological polar surface area (TPSA) is 84.0 Å². The minimum absolute atomic E-state index is 0.0117. The molecule has 0 aromatic heterocycles. The van der Waals surface area contributed by atoms with E-state index >= 15 is 0 Å². The van der Waals surface area contributed by atoms with Crippen LogP contribution in [0.2, 0.25) is 0 Å². The Morgan fingerprint density at radius 2 is 1.68 bits per heavy atom. The van der Waals surface area contributed by atoms with Gasteiger partial charge in [-0.2, -0.15) is 4.31 Å². The molecule has 0 saturated carbocycles. The molecule has 0 radical (unpaired) electrons. The number of esters is 1. The van der Waals surface area contributed by atoms with E-state index in [1.807, 2.05) is 18.2 Å². The second-order valence-corrected chi connectivity index (χ2v) is 11.1. The van der Waals surface area contributed by atoms with Crippen molar-refractivity contribution in [1.29, 1.82) is 0 Å². The number of likely N-dealkylation sites (tertiary alicyclic amines) is 1. The third-order valence-electron chi connectivity index (χ3n) is 6.40. The predicted molar refractivity (Wildman–Crippen MR) is 131 cm³/mol. The van der Waals surface area contributed by atoms with Crippen LogP contribution in [0.5, 0.6) is 0 Å². The number of hydrogen-bond acceptors (Lipinski definition) is 5. The summed E-state index contributed by atoms with van der Waals surface area (Å²) in [5.41, 5.74) is 1.40. The largest absolute Gasteiger partial charge is 0.449 e. The average Bonchev–Trinajstić information content (AvgIpc) is 2.84. The highest BCUT2D eigenvalue weighted by molar-refractivity contribution is 7.89. The van der Waals surface area contributed by atoms with E-state index in [1.165, 1.54) is 41.2 Å². The zero-order valence-corrected chi connectivity index (χ0v) is 21.1. The van der Waals surface area contributed by atoms with Crippen LogP contribution in [-0.2, 0) is 26.0 Å². The first-order chi connectivity index (χ1) is 16.1. The minimum atomic E-state index is -3.73. The molecule has 8 heteroatoms. The summed E-state index contributed by atoms with van der Waals surface area (Å²) in [6.45, 7) is 6.37. The third-order valence-corrected chi connectivity index (χ3v) is 8.43. The normalized spacial score (nSPS) is 16.0. The predicted octanol–water partition coefficient (Wildman–Crippen LogP) is 3.74. The SMILES string of the molecule is CC(OC(=O)c1cccc(S(=O)(=O)N(C)C(C)C)c1)C(=O)N1CCC(Cc2ccccc2)CC1. The summed E-state index contributed by atoms with van der Waals surface area (Å²) in [6.07, 6.45) is 1.87. The highest BCUT2D eigenvalue weighted by atomic mass is 32.2. The molecule has 0 spiro atoms. The summed E-state index contributed by atoms with van der Waals surface area (Å²) < 4.78 is 32.1. The number of carbonyl (C=O) groups is 2. The number of sulfonamides is 1. The number of hydrogen-bond donors (Lipinski definition) is 0. The number of nitrogens with zero attached hydrogens (tertiary/aromatic N) is 2. The molecule has 0 N–H and O–H groups in total. The molecule has 34 heavy (non-hydrogen) atoms. The molecule has 2 aromatic rings. The van der Waals surface area contributed by atoms with Gasteiger partial charge in [0.25, 0.3) is 5.91 Å². The van der Waals surface area contributed by atoms with Crippen LogP contribution < -0.4 is 0 Å². The third kappa shape index (κ3) is 6.24. The lowest BCUT2D eigenvalue weighted by molar-refractivity contribution is -0.141. The number of benzene rings is 2. The van der Waals surface area contributed by atoms with Crippen molar-refractivity contribution in [3.8, 4) is 0 Å². The van der Waals surface area contributed by atoms with E-state index in [2.05, 4.69) is 12.1 Å². The molecule has 1 aliphatic heterocycles. The van der Waals surface area contributed by atoms with Gasteiger partial charge in [0.2, 0.25) is 10.0 Å². The zero-order valence-electron chi connectivity index (χ0n) is 20.3. The summed E-state index contributed by atoms with van der Waals surface area (Å²) in [5.74, 6) is -0.420. The van der Waals surface area contributed by atoms with Gasteiger partial charge in [-0.1, -0.05) is 36.4 Å². The van der Waals surface area contributed by atoms with Gasteiger partial charge in [-0.3, -0.25) is 4.79 Å². The van der Waals surface area contributed by atoms with Crippen LogP contribution >= 0.6 is 0 Å². The summed E-state index contributed by atoms with van der Waals surface area (Å²) >= 11 is 0. The Hall–Kier alpha value is -2.71. The van der Waals surface area contributed by atoms with Crippen molar-refractivity contribution in [3.63, 3.8) is 0 Å².